The van der Waals surface area contributed by atoms with E-state index in [1.54, 1.807) is 6.07 Å². The van der Waals surface area contributed by atoms with E-state index in [-0.39, 0.29) is 11.7 Å². The molecular weight excluding hydrogens is 262 g/mol. The molecule has 0 fully saturated rings. The molecule has 0 radical (unpaired) electrons. The van der Waals surface area contributed by atoms with Gasteiger partial charge in [0, 0.05) is 5.69 Å². The number of aromatic hydroxyl groups is 1. The van der Waals surface area contributed by atoms with Crippen LogP contribution in [0.2, 0.25) is 0 Å². The first kappa shape index (κ1) is 13.2. The number of phenols is 1. The highest BCUT2D eigenvalue weighted by Crippen LogP contribution is 2.25. The molecule has 0 saturated heterocycles. The second kappa shape index (κ2) is 5.29. The highest BCUT2D eigenvalue weighted by Gasteiger charge is 2.12. The van der Waals surface area contributed by atoms with Gasteiger partial charge in [0.05, 0.1) is 5.56 Å². The molecule has 21 heavy (non-hydrogen) atoms. The molecule has 3 heteroatoms. The minimum Gasteiger partial charge on any atom is -0.508 e. The van der Waals surface area contributed by atoms with Gasteiger partial charge in [-0.2, -0.15) is 0 Å². The molecule has 0 bridgehead atoms. The normalized spacial score (nSPS) is 10.5. The van der Waals surface area contributed by atoms with Crippen LogP contribution >= 0.6 is 0 Å². The first-order valence-electron chi connectivity index (χ1n) is 6.74. The summed E-state index contributed by atoms with van der Waals surface area (Å²) < 4.78 is 0. The van der Waals surface area contributed by atoms with Gasteiger partial charge in [0.15, 0.2) is 0 Å². The summed E-state index contributed by atoms with van der Waals surface area (Å²) in [6.45, 7) is 1.94. The van der Waals surface area contributed by atoms with Crippen molar-refractivity contribution >= 4 is 22.4 Å². The molecule has 2 N–H and O–H groups in total. The number of nitrogens with one attached hydrogen (secondary N) is 1. The van der Waals surface area contributed by atoms with E-state index in [2.05, 4.69) is 5.32 Å². The predicted molar refractivity (Wildman–Crippen MR) is 84.7 cm³/mol. The van der Waals surface area contributed by atoms with E-state index >= 15 is 0 Å². The van der Waals surface area contributed by atoms with Crippen LogP contribution in [-0.2, 0) is 0 Å². The van der Waals surface area contributed by atoms with Crippen molar-refractivity contribution in [3.05, 3.63) is 71.8 Å². The fraction of sp³-hybridized carbons (Fsp3) is 0.0556. The van der Waals surface area contributed by atoms with E-state index in [1.165, 1.54) is 6.07 Å². The Balaban J connectivity index is 2.04. The first-order chi connectivity index (χ1) is 10.1. The fourth-order valence-corrected chi connectivity index (χ4v) is 2.39. The largest absolute Gasteiger partial charge is 0.508 e. The van der Waals surface area contributed by atoms with Crippen LogP contribution in [0.3, 0.4) is 0 Å². The summed E-state index contributed by atoms with van der Waals surface area (Å²) in [5, 5.41) is 14.4. The fourth-order valence-electron chi connectivity index (χ4n) is 2.39. The lowest BCUT2D eigenvalue weighted by Gasteiger charge is -2.10. The number of aryl methyl sites for hydroxylation is 1. The van der Waals surface area contributed by atoms with E-state index in [0.717, 1.165) is 22.0 Å². The van der Waals surface area contributed by atoms with Gasteiger partial charge < -0.3 is 10.4 Å². The number of rotatable bonds is 2. The van der Waals surface area contributed by atoms with Crippen molar-refractivity contribution in [2.75, 3.05) is 5.32 Å². The van der Waals surface area contributed by atoms with Gasteiger partial charge >= 0.3 is 0 Å². The molecule has 1 amide bonds. The van der Waals surface area contributed by atoms with Crippen molar-refractivity contribution in [2.45, 2.75) is 6.92 Å². The number of hydrogen-bond donors (Lipinski definition) is 2. The molecule has 0 unspecified atom stereocenters. The van der Waals surface area contributed by atoms with Crippen molar-refractivity contribution in [3.63, 3.8) is 0 Å². The van der Waals surface area contributed by atoms with Gasteiger partial charge in [-0.3, -0.25) is 4.79 Å². The maximum Gasteiger partial charge on any atom is 0.256 e. The lowest BCUT2D eigenvalue weighted by Crippen LogP contribution is -2.13. The molecular formula is C18H15NO2. The molecule has 0 saturated carbocycles. The highest BCUT2D eigenvalue weighted by atomic mass is 16.3. The van der Waals surface area contributed by atoms with Crippen LogP contribution in [0.15, 0.2) is 60.7 Å². The highest BCUT2D eigenvalue weighted by molar-refractivity contribution is 6.13. The van der Waals surface area contributed by atoms with Gasteiger partial charge in [0.2, 0.25) is 0 Å². The Morgan fingerprint density at radius 1 is 1.00 bits per heavy atom. The first-order valence-corrected chi connectivity index (χ1v) is 6.74. The average molecular weight is 277 g/mol. The van der Waals surface area contributed by atoms with Crippen LogP contribution in [0.4, 0.5) is 5.69 Å². The number of para-hydroxylation sites is 1. The summed E-state index contributed by atoms with van der Waals surface area (Å²) in [6.07, 6.45) is 0. The SMILES string of the molecule is Cc1ccccc1NC(=O)c1cc(O)cc2ccccc12. The molecule has 0 aliphatic heterocycles. The number of amides is 1. The Morgan fingerprint density at radius 3 is 2.52 bits per heavy atom. The van der Waals surface area contributed by atoms with E-state index in [1.807, 2.05) is 55.5 Å². The summed E-state index contributed by atoms with van der Waals surface area (Å²) in [6, 6.07) is 18.3. The predicted octanol–water partition coefficient (Wildman–Crippen LogP) is 4.11. The molecule has 0 spiro atoms. The third-order valence-electron chi connectivity index (χ3n) is 3.48. The lowest BCUT2D eigenvalue weighted by atomic mass is 10.0. The van der Waals surface area contributed by atoms with E-state index in [4.69, 9.17) is 0 Å². The second-order valence-corrected chi connectivity index (χ2v) is 4.98. The quantitative estimate of drug-likeness (QED) is 0.740. The molecule has 104 valence electrons. The molecule has 0 aromatic heterocycles. The van der Waals surface area contributed by atoms with Crippen LogP contribution < -0.4 is 5.32 Å². The topological polar surface area (TPSA) is 49.3 Å². The molecule has 0 atom stereocenters. The van der Waals surface area contributed by atoms with Crippen LogP contribution in [-0.4, -0.2) is 11.0 Å². The van der Waals surface area contributed by atoms with E-state index < -0.39 is 0 Å². The summed E-state index contributed by atoms with van der Waals surface area (Å²) >= 11 is 0. The van der Waals surface area contributed by atoms with E-state index in [0.29, 0.717) is 5.56 Å². The number of carbonyl (C=O) groups excluding carboxylic acids is 1. The zero-order chi connectivity index (χ0) is 14.8. The van der Waals surface area contributed by atoms with Crippen LogP contribution in [0.5, 0.6) is 5.75 Å². The Morgan fingerprint density at radius 2 is 1.71 bits per heavy atom. The number of benzene rings is 3. The number of fused-ring (bicyclic) bond motifs is 1. The third-order valence-corrected chi connectivity index (χ3v) is 3.48. The standard InChI is InChI=1S/C18H15NO2/c1-12-6-2-5-9-17(12)19-18(21)16-11-14(20)10-13-7-3-4-8-15(13)16/h2-11,20H,1H3,(H,19,21). The van der Waals surface area contributed by atoms with Gasteiger partial charge in [0.25, 0.3) is 5.91 Å². The molecule has 3 aromatic carbocycles. The van der Waals surface area contributed by atoms with Crippen molar-refractivity contribution in [1.29, 1.82) is 0 Å². The molecule has 0 aliphatic rings. The summed E-state index contributed by atoms with van der Waals surface area (Å²) in [5.41, 5.74) is 2.24. The van der Waals surface area contributed by atoms with Crippen molar-refractivity contribution in [1.82, 2.24) is 0 Å². The van der Waals surface area contributed by atoms with Gasteiger partial charge in [-0.05, 0) is 41.5 Å². The second-order valence-electron chi connectivity index (χ2n) is 4.98. The minimum atomic E-state index is -0.226. The van der Waals surface area contributed by atoms with Crippen LogP contribution in [0.25, 0.3) is 10.8 Å². The van der Waals surface area contributed by atoms with Crippen LogP contribution in [0.1, 0.15) is 15.9 Å². The summed E-state index contributed by atoms with van der Waals surface area (Å²) in [4.78, 5) is 12.5. The lowest BCUT2D eigenvalue weighted by molar-refractivity contribution is 0.102. The number of phenolic OH excluding ortho intramolecular Hbond substituents is 1. The van der Waals surface area contributed by atoms with E-state index in [9.17, 15) is 9.90 Å². The zero-order valence-electron chi connectivity index (χ0n) is 11.6. The van der Waals surface area contributed by atoms with Crippen molar-refractivity contribution in [3.8, 4) is 5.75 Å². The zero-order valence-corrected chi connectivity index (χ0v) is 11.6. The Kier molecular flexibility index (Phi) is 3.32. The molecule has 0 heterocycles. The average Bonchev–Trinajstić information content (AvgIpc) is 2.48. The summed E-state index contributed by atoms with van der Waals surface area (Å²) in [5.74, 6) is -0.139. The maximum absolute atomic E-state index is 12.5. The Bertz CT molecular complexity index is 824. The maximum atomic E-state index is 12.5. The van der Waals surface area contributed by atoms with Crippen molar-refractivity contribution in [2.24, 2.45) is 0 Å². The molecule has 0 aliphatic carbocycles. The number of carbonyl (C=O) groups is 1. The minimum absolute atomic E-state index is 0.0867. The Hall–Kier alpha value is -2.81. The van der Waals surface area contributed by atoms with Gasteiger partial charge in [-0.1, -0.05) is 42.5 Å². The van der Waals surface area contributed by atoms with Gasteiger partial charge in [-0.15, -0.1) is 0 Å². The monoisotopic (exact) mass is 277 g/mol. The van der Waals surface area contributed by atoms with Gasteiger partial charge in [-0.25, -0.2) is 0 Å². The third kappa shape index (κ3) is 2.58. The molecule has 3 rings (SSSR count). The smallest absolute Gasteiger partial charge is 0.256 e. The molecule has 3 nitrogen and oxygen atoms in total. The van der Waals surface area contributed by atoms with Crippen molar-refractivity contribution < 1.29 is 9.90 Å². The summed E-state index contributed by atoms with van der Waals surface area (Å²) in [7, 11) is 0. The number of anilines is 1. The van der Waals surface area contributed by atoms with Crippen LogP contribution in [0, 0.1) is 6.92 Å². The van der Waals surface area contributed by atoms with Gasteiger partial charge in [0.1, 0.15) is 5.75 Å². The number of hydrogen-bond acceptors (Lipinski definition) is 2. The Labute approximate surface area is 122 Å². The molecule has 3 aromatic rings.